The quantitative estimate of drug-likeness (QED) is 0.906. The molecule has 0 bridgehead atoms. The topological polar surface area (TPSA) is 66.5 Å². The highest BCUT2D eigenvalue weighted by Gasteiger charge is 2.36. The molecular weight excluding hydrogens is 276 g/mol. The molecule has 1 N–H and O–H groups in total. The van der Waals surface area contributed by atoms with Gasteiger partial charge in [-0.1, -0.05) is 26.0 Å². The van der Waals surface area contributed by atoms with Gasteiger partial charge < -0.3 is 5.32 Å². The summed E-state index contributed by atoms with van der Waals surface area (Å²) in [7, 11) is -3.35. The molecule has 5 nitrogen and oxygen atoms in total. The van der Waals surface area contributed by atoms with Crippen molar-refractivity contribution in [3.63, 3.8) is 0 Å². The first-order valence-corrected chi connectivity index (χ1v) is 8.55. The number of para-hydroxylation sites is 2. The third kappa shape index (κ3) is 3.30. The number of rotatable bonds is 5. The highest BCUT2D eigenvalue weighted by atomic mass is 32.2. The Hall–Kier alpha value is -1.56. The number of amides is 1. The summed E-state index contributed by atoms with van der Waals surface area (Å²) in [6, 6.07) is 7.04. The average molecular weight is 296 g/mol. The third-order valence-electron chi connectivity index (χ3n) is 3.16. The number of carbonyl (C=O) groups excluding carboxylic acids is 1. The molecule has 2 rings (SSSR count). The Bertz CT molecular complexity index is 607. The van der Waals surface area contributed by atoms with Crippen molar-refractivity contribution < 1.29 is 13.2 Å². The minimum atomic E-state index is -3.35. The molecule has 0 atom stereocenters. The van der Waals surface area contributed by atoms with Crippen LogP contribution in [-0.2, 0) is 14.8 Å². The van der Waals surface area contributed by atoms with E-state index in [2.05, 4.69) is 5.32 Å². The molecule has 1 aliphatic rings. The van der Waals surface area contributed by atoms with Crippen molar-refractivity contribution in [3.05, 3.63) is 24.3 Å². The number of carbonyl (C=O) groups is 1. The second-order valence-electron chi connectivity index (χ2n) is 5.45. The molecule has 20 heavy (non-hydrogen) atoms. The SMILES string of the molecule is CC(C)C(=O)Nc1ccccc1N(C1CC1)S(C)(=O)=O. The van der Waals surface area contributed by atoms with Crippen LogP contribution >= 0.6 is 0 Å². The standard InChI is InChI=1S/C14H20N2O3S/c1-10(2)14(17)15-12-6-4-5-7-13(12)16(11-8-9-11)20(3,18)19/h4-7,10-11H,8-9H2,1-3H3,(H,15,17). The summed E-state index contributed by atoms with van der Waals surface area (Å²) in [5, 5.41) is 2.80. The van der Waals surface area contributed by atoms with Crippen molar-refractivity contribution in [2.45, 2.75) is 32.7 Å². The van der Waals surface area contributed by atoms with Crippen molar-refractivity contribution >= 4 is 27.3 Å². The fourth-order valence-electron chi connectivity index (χ4n) is 2.00. The van der Waals surface area contributed by atoms with Crippen LogP contribution in [0.15, 0.2) is 24.3 Å². The molecule has 1 saturated carbocycles. The maximum Gasteiger partial charge on any atom is 0.232 e. The smallest absolute Gasteiger partial charge is 0.232 e. The van der Waals surface area contributed by atoms with Crippen molar-refractivity contribution in [1.29, 1.82) is 0 Å². The molecule has 0 saturated heterocycles. The number of nitrogens with one attached hydrogen (secondary N) is 1. The van der Waals surface area contributed by atoms with Crippen LogP contribution in [0.2, 0.25) is 0 Å². The van der Waals surface area contributed by atoms with Crippen molar-refractivity contribution in [1.82, 2.24) is 0 Å². The van der Waals surface area contributed by atoms with Gasteiger partial charge in [-0.3, -0.25) is 9.10 Å². The predicted octanol–water partition coefficient (Wildman–Crippen LogP) is 2.21. The van der Waals surface area contributed by atoms with E-state index in [9.17, 15) is 13.2 Å². The monoisotopic (exact) mass is 296 g/mol. The van der Waals surface area contributed by atoms with E-state index in [4.69, 9.17) is 0 Å². The maximum atomic E-state index is 12.0. The van der Waals surface area contributed by atoms with Gasteiger partial charge in [0.2, 0.25) is 15.9 Å². The van der Waals surface area contributed by atoms with E-state index in [0.717, 1.165) is 12.8 Å². The zero-order valence-electron chi connectivity index (χ0n) is 12.0. The zero-order valence-corrected chi connectivity index (χ0v) is 12.8. The summed E-state index contributed by atoms with van der Waals surface area (Å²) in [5.41, 5.74) is 1.09. The first-order valence-electron chi connectivity index (χ1n) is 6.70. The maximum absolute atomic E-state index is 12.0. The fourth-order valence-corrected chi connectivity index (χ4v) is 3.27. The molecule has 0 unspecified atom stereocenters. The number of hydrogen-bond donors (Lipinski definition) is 1. The molecule has 1 aromatic rings. The van der Waals surface area contributed by atoms with Gasteiger partial charge in [-0.2, -0.15) is 0 Å². The Morgan fingerprint density at radius 2 is 1.90 bits per heavy atom. The molecule has 1 aliphatic carbocycles. The van der Waals surface area contributed by atoms with Gasteiger partial charge in [0.05, 0.1) is 17.6 Å². The van der Waals surface area contributed by atoms with Crippen LogP contribution < -0.4 is 9.62 Å². The number of anilines is 2. The third-order valence-corrected chi connectivity index (χ3v) is 4.37. The predicted molar refractivity (Wildman–Crippen MR) is 80.3 cm³/mol. The average Bonchev–Trinajstić information content (AvgIpc) is 3.14. The molecular formula is C14H20N2O3S. The first kappa shape index (κ1) is 14.8. The lowest BCUT2D eigenvalue weighted by molar-refractivity contribution is -0.118. The van der Waals surface area contributed by atoms with E-state index in [1.165, 1.54) is 10.6 Å². The molecule has 0 radical (unpaired) electrons. The van der Waals surface area contributed by atoms with Gasteiger partial charge >= 0.3 is 0 Å². The fraction of sp³-hybridized carbons (Fsp3) is 0.500. The van der Waals surface area contributed by atoms with Gasteiger partial charge in [0.25, 0.3) is 0 Å². The van der Waals surface area contributed by atoms with Crippen LogP contribution in [0.5, 0.6) is 0 Å². The van der Waals surface area contributed by atoms with Gasteiger partial charge in [0.15, 0.2) is 0 Å². The second kappa shape index (κ2) is 5.44. The lowest BCUT2D eigenvalue weighted by atomic mass is 10.2. The van der Waals surface area contributed by atoms with Crippen LogP contribution in [0.1, 0.15) is 26.7 Å². The van der Waals surface area contributed by atoms with E-state index >= 15 is 0 Å². The molecule has 6 heteroatoms. The lowest BCUT2D eigenvalue weighted by Crippen LogP contribution is -2.33. The van der Waals surface area contributed by atoms with Gasteiger partial charge in [-0.15, -0.1) is 0 Å². The van der Waals surface area contributed by atoms with Crippen molar-refractivity contribution in [3.8, 4) is 0 Å². The summed E-state index contributed by atoms with van der Waals surface area (Å²) in [6.07, 6.45) is 2.92. The van der Waals surface area contributed by atoms with E-state index in [0.29, 0.717) is 11.4 Å². The minimum Gasteiger partial charge on any atom is -0.324 e. The number of nitrogens with zero attached hydrogens (tertiary/aromatic N) is 1. The Morgan fingerprint density at radius 1 is 1.30 bits per heavy atom. The molecule has 0 aliphatic heterocycles. The Balaban J connectivity index is 2.38. The molecule has 1 fully saturated rings. The van der Waals surface area contributed by atoms with Gasteiger partial charge in [-0.25, -0.2) is 8.42 Å². The summed E-state index contributed by atoms with van der Waals surface area (Å²) >= 11 is 0. The van der Waals surface area contributed by atoms with E-state index in [1.54, 1.807) is 38.1 Å². The van der Waals surface area contributed by atoms with Crippen molar-refractivity contribution in [2.75, 3.05) is 15.9 Å². The molecule has 1 amide bonds. The molecule has 110 valence electrons. The van der Waals surface area contributed by atoms with Crippen LogP contribution in [0.25, 0.3) is 0 Å². The van der Waals surface area contributed by atoms with Gasteiger partial charge in [0, 0.05) is 12.0 Å². The van der Waals surface area contributed by atoms with E-state index in [-0.39, 0.29) is 17.9 Å². The van der Waals surface area contributed by atoms with Gasteiger partial charge in [-0.05, 0) is 25.0 Å². The normalized spacial score (nSPS) is 15.2. The largest absolute Gasteiger partial charge is 0.324 e. The summed E-state index contributed by atoms with van der Waals surface area (Å²) in [4.78, 5) is 11.8. The van der Waals surface area contributed by atoms with E-state index in [1.807, 2.05) is 0 Å². The molecule has 1 aromatic carbocycles. The van der Waals surface area contributed by atoms with Crippen LogP contribution in [0.4, 0.5) is 11.4 Å². The Kier molecular flexibility index (Phi) is 4.04. The minimum absolute atomic E-state index is 0.0158. The van der Waals surface area contributed by atoms with E-state index < -0.39 is 10.0 Å². The number of hydrogen-bond acceptors (Lipinski definition) is 3. The van der Waals surface area contributed by atoms with Crippen LogP contribution in [0.3, 0.4) is 0 Å². The van der Waals surface area contributed by atoms with Gasteiger partial charge in [0.1, 0.15) is 0 Å². The van der Waals surface area contributed by atoms with Crippen LogP contribution in [-0.4, -0.2) is 26.6 Å². The molecule has 0 aromatic heterocycles. The number of sulfonamides is 1. The Labute approximate surface area is 120 Å². The summed E-state index contributed by atoms with van der Waals surface area (Å²) < 4.78 is 25.4. The highest BCUT2D eigenvalue weighted by molar-refractivity contribution is 7.92. The summed E-state index contributed by atoms with van der Waals surface area (Å²) in [5.74, 6) is -0.280. The number of benzene rings is 1. The van der Waals surface area contributed by atoms with Crippen LogP contribution in [0, 0.1) is 5.92 Å². The summed E-state index contributed by atoms with van der Waals surface area (Å²) in [6.45, 7) is 3.60. The second-order valence-corrected chi connectivity index (χ2v) is 7.31. The van der Waals surface area contributed by atoms with Crippen molar-refractivity contribution in [2.24, 2.45) is 5.92 Å². The first-order chi connectivity index (χ1) is 9.30. The Morgan fingerprint density at radius 3 is 2.40 bits per heavy atom. The molecule has 0 heterocycles. The lowest BCUT2D eigenvalue weighted by Gasteiger charge is -2.25. The zero-order chi connectivity index (χ0) is 14.9. The molecule has 0 spiro atoms. The highest BCUT2D eigenvalue weighted by Crippen LogP contribution is 2.37.